The highest BCUT2D eigenvalue weighted by Gasteiger charge is 2.03. The average Bonchev–Trinajstić information content (AvgIpc) is 1.99. The Kier molecular flexibility index (Phi) is 5.37. The van der Waals surface area contributed by atoms with E-state index in [9.17, 15) is 4.79 Å². The van der Waals surface area contributed by atoms with Crippen LogP contribution in [0.4, 0.5) is 0 Å². The van der Waals surface area contributed by atoms with E-state index in [0.29, 0.717) is 6.42 Å². The van der Waals surface area contributed by atoms with E-state index in [1.165, 1.54) is 7.11 Å². The Morgan fingerprint density at radius 2 is 2.17 bits per heavy atom. The van der Waals surface area contributed by atoms with Crippen molar-refractivity contribution in [1.82, 2.24) is 4.90 Å². The molecule has 0 unspecified atom stereocenters. The quantitative estimate of drug-likeness (QED) is 0.457. The van der Waals surface area contributed by atoms with Crippen molar-refractivity contribution in [2.75, 3.05) is 27.2 Å². The summed E-state index contributed by atoms with van der Waals surface area (Å²) in [6.45, 7) is 7.30. The number of rotatable bonds is 5. The van der Waals surface area contributed by atoms with E-state index < -0.39 is 0 Å². The highest BCUT2D eigenvalue weighted by molar-refractivity contribution is 5.69. The summed E-state index contributed by atoms with van der Waals surface area (Å²) in [4.78, 5) is 12.8. The molecular weight excluding hydrogens is 154 g/mol. The summed E-state index contributed by atoms with van der Waals surface area (Å²) in [5, 5.41) is 0. The fourth-order valence-electron chi connectivity index (χ4n) is 0.924. The fraction of sp³-hybridized carbons (Fsp3) is 0.667. The molecule has 0 aliphatic carbocycles. The summed E-state index contributed by atoms with van der Waals surface area (Å²) in [5.74, 6) is -0.163. The topological polar surface area (TPSA) is 29.5 Å². The highest BCUT2D eigenvalue weighted by atomic mass is 16.5. The first-order valence-electron chi connectivity index (χ1n) is 3.96. The zero-order valence-corrected chi connectivity index (χ0v) is 8.09. The molecule has 0 spiro atoms. The van der Waals surface area contributed by atoms with Gasteiger partial charge in [-0.15, -0.1) is 0 Å². The van der Waals surface area contributed by atoms with Gasteiger partial charge in [-0.05, 0) is 14.0 Å². The van der Waals surface area contributed by atoms with E-state index >= 15 is 0 Å². The zero-order valence-electron chi connectivity index (χ0n) is 8.09. The summed E-state index contributed by atoms with van der Waals surface area (Å²) in [5.41, 5.74) is 1.10. The molecule has 0 aromatic heterocycles. The lowest BCUT2D eigenvalue weighted by Gasteiger charge is -2.15. The molecule has 0 aromatic carbocycles. The second-order valence-electron chi connectivity index (χ2n) is 3.02. The van der Waals surface area contributed by atoms with Crippen molar-refractivity contribution in [3.8, 4) is 0 Å². The predicted octanol–water partition coefficient (Wildman–Crippen LogP) is 1.06. The van der Waals surface area contributed by atoms with Crippen LogP contribution in [0.3, 0.4) is 0 Å². The fourth-order valence-corrected chi connectivity index (χ4v) is 0.924. The Balaban J connectivity index is 3.50. The van der Waals surface area contributed by atoms with Gasteiger partial charge in [-0.3, -0.25) is 4.79 Å². The summed E-state index contributed by atoms with van der Waals surface area (Å²) in [6, 6.07) is 0. The first-order valence-corrected chi connectivity index (χ1v) is 3.96. The minimum Gasteiger partial charge on any atom is -0.469 e. The minimum absolute atomic E-state index is 0.163. The molecule has 0 rings (SSSR count). The Labute approximate surface area is 74.0 Å². The lowest BCUT2D eigenvalue weighted by molar-refractivity contribution is -0.140. The van der Waals surface area contributed by atoms with Crippen LogP contribution in [0.15, 0.2) is 12.2 Å². The van der Waals surface area contributed by atoms with Crippen LogP contribution in [0.5, 0.6) is 0 Å². The van der Waals surface area contributed by atoms with Crippen LogP contribution >= 0.6 is 0 Å². The Bertz CT molecular complexity index is 166. The molecular formula is C9H17NO2. The number of nitrogens with zero attached hydrogens (tertiary/aromatic N) is 1. The molecule has 12 heavy (non-hydrogen) atoms. The molecule has 3 heteroatoms. The maximum atomic E-state index is 10.7. The Morgan fingerprint density at radius 1 is 1.58 bits per heavy atom. The van der Waals surface area contributed by atoms with E-state index in [4.69, 9.17) is 0 Å². The van der Waals surface area contributed by atoms with Gasteiger partial charge in [-0.2, -0.15) is 0 Å². The Hall–Kier alpha value is -0.830. The molecule has 0 N–H and O–H groups in total. The molecule has 0 amide bonds. The van der Waals surface area contributed by atoms with E-state index in [1.807, 2.05) is 18.9 Å². The molecule has 0 atom stereocenters. The number of carbonyl (C=O) groups is 1. The molecule has 0 aromatic rings. The van der Waals surface area contributed by atoms with Gasteiger partial charge >= 0.3 is 5.97 Å². The van der Waals surface area contributed by atoms with Crippen molar-refractivity contribution in [2.24, 2.45) is 0 Å². The molecule has 0 saturated heterocycles. The van der Waals surface area contributed by atoms with Gasteiger partial charge in [0.25, 0.3) is 0 Å². The largest absolute Gasteiger partial charge is 0.469 e. The van der Waals surface area contributed by atoms with Gasteiger partial charge < -0.3 is 9.64 Å². The van der Waals surface area contributed by atoms with Crippen LogP contribution in [0.1, 0.15) is 13.3 Å². The van der Waals surface area contributed by atoms with Crippen LogP contribution in [0, 0.1) is 0 Å². The maximum absolute atomic E-state index is 10.7. The summed E-state index contributed by atoms with van der Waals surface area (Å²) in [7, 11) is 3.36. The van der Waals surface area contributed by atoms with Gasteiger partial charge in [0.05, 0.1) is 13.5 Å². The number of likely N-dealkylation sites (N-methyl/N-ethyl adjacent to an activating group) is 1. The first kappa shape index (κ1) is 11.2. The first-order chi connectivity index (χ1) is 5.56. The second-order valence-corrected chi connectivity index (χ2v) is 3.02. The van der Waals surface area contributed by atoms with Gasteiger partial charge in [-0.1, -0.05) is 12.2 Å². The smallest absolute Gasteiger partial charge is 0.306 e. The molecule has 0 fully saturated rings. The molecule has 0 aliphatic heterocycles. The van der Waals surface area contributed by atoms with Crippen molar-refractivity contribution in [2.45, 2.75) is 13.3 Å². The number of carbonyl (C=O) groups excluding carboxylic acids is 1. The van der Waals surface area contributed by atoms with Crippen LogP contribution in [0.25, 0.3) is 0 Å². The normalized spacial score (nSPS) is 10.0. The van der Waals surface area contributed by atoms with Crippen molar-refractivity contribution >= 4 is 5.97 Å². The van der Waals surface area contributed by atoms with Crippen molar-refractivity contribution in [1.29, 1.82) is 0 Å². The van der Waals surface area contributed by atoms with Gasteiger partial charge in [0.15, 0.2) is 0 Å². The molecule has 0 saturated carbocycles. The number of hydrogen-bond acceptors (Lipinski definition) is 3. The molecule has 70 valence electrons. The van der Waals surface area contributed by atoms with Gasteiger partial charge in [0.2, 0.25) is 0 Å². The maximum Gasteiger partial charge on any atom is 0.306 e. The Morgan fingerprint density at radius 3 is 2.58 bits per heavy atom. The number of hydrogen-bond donors (Lipinski definition) is 0. The molecule has 0 radical (unpaired) electrons. The average molecular weight is 171 g/mol. The zero-order chi connectivity index (χ0) is 9.56. The SMILES string of the molecule is C=C(C)CN(C)CCC(=O)OC. The van der Waals surface area contributed by atoms with Gasteiger partial charge in [0.1, 0.15) is 0 Å². The van der Waals surface area contributed by atoms with E-state index in [0.717, 1.165) is 18.7 Å². The van der Waals surface area contributed by atoms with Crippen molar-refractivity contribution < 1.29 is 9.53 Å². The molecule has 0 bridgehead atoms. The van der Waals surface area contributed by atoms with Crippen LogP contribution in [-0.2, 0) is 9.53 Å². The molecule has 0 aliphatic rings. The van der Waals surface area contributed by atoms with Crippen LogP contribution < -0.4 is 0 Å². The van der Waals surface area contributed by atoms with Gasteiger partial charge in [0, 0.05) is 13.1 Å². The van der Waals surface area contributed by atoms with Crippen molar-refractivity contribution in [3.63, 3.8) is 0 Å². The lowest BCUT2D eigenvalue weighted by atomic mass is 10.3. The van der Waals surface area contributed by atoms with Crippen molar-refractivity contribution in [3.05, 3.63) is 12.2 Å². The third-order valence-corrected chi connectivity index (χ3v) is 1.47. The van der Waals surface area contributed by atoms with E-state index in [2.05, 4.69) is 11.3 Å². The number of methoxy groups -OCH3 is 1. The monoisotopic (exact) mass is 171 g/mol. The third-order valence-electron chi connectivity index (χ3n) is 1.47. The second kappa shape index (κ2) is 5.77. The summed E-state index contributed by atoms with van der Waals surface area (Å²) in [6.07, 6.45) is 0.445. The van der Waals surface area contributed by atoms with Crippen LogP contribution in [0.2, 0.25) is 0 Å². The van der Waals surface area contributed by atoms with E-state index in [1.54, 1.807) is 0 Å². The third kappa shape index (κ3) is 5.92. The van der Waals surface area contributed by atoms with E-state index in [-0.39, 0.29) is 5.97 Å². The minimum atomic E-state index is -0.163. The molecule has 3 nitrogen and oxygen atoms in total. The standard InChI is InChI=1S/C9H17NO2/c1-8(2)7-10(3)6-5-9(11)12-4/h1,5-7H2,2-4H3. The number of ether oxygens (including phenoxy) is 1. The number of esters is 1. The van der Waals surface area contributed by atoms with Gasteiger partial charge in [-0.25, -0.2) is 0 Å². The predicted molar refractivity (Wildman–Crippen MR) is 48.9 cm³/mol. The summed E-state index contributed by atoms with van der Waals surface area (Å²) < 4.78 is 4.52. The highest BCUT2D eigenvalue weighted by Crippen LogP contribution is 1.94. The lowest BCUT2D eigenvalue weighted by Crippen LogP contribution is -2.23. The summed E-state index contributed by atoms with van der Waals surface area (Å²) >= 11 is 0. The van der Waals surface area contributed by atoms with Crippen LogP contribution in [-0.4, -0.2) is 38.1 Å². The molecule has 0 heterocycles.